The fourth-order valence-corrected chi connectivity index (χ4v) is 1.97. The first-order chi connectivity index (χ1) is 10.3. The third-order valence-electron chi connectivity index (χ3n) is 2.94. The second-order valence-electron chi connectivity index (χ2n) is 4.41. The summed E-state index contributed by atoms with van der Waals surface area (Å²) in [5, 5.41) is 11.0. The molecule has 2 N–H and O–H groups in total. The highest BCUT2D eigenvalue weighted by Gasteiger charge is 2.31. The molecule has 0 aliphatic heterocycles. The molecular formula is C14H11F3N2O3. The summed E-state index contributed by atoms with van der Waals surface area (Å²) in [4.78, 5) is 10.4. The summed E-state index contributed by atoms with van der Waals surface area (Å²) in [6.07, 6.45) is -4.78. The molecule has 2 aromatic rings. The van der Waals surface area contributed by atoms with E-state index >= 15 is 0 Å². The summed E-state index contributed by atoms with van der Waals surface area (Å²) in [5.41, 5.74) is 6.53. The van der Waals surface area contributed by atoms with Crippen molar-refractivity contribution in [2.75, 3.05) is 0 Å². The van der Waals surface area contributed by atoms with Crippen LogP contribution in [0.25, 0.3) is 0 Å². The van der Waals surface area contributed by atoms with Gasteiger partial charge in [0, 0.05) is 6.07 Å². The molecule has 0 aliphatic rings. The van der Waals surface area contributed by atoms with Gasteiger partial charge >= 0.3 is 6.36 Å². The molecule has 0 aromatic heterocycles. The Bertz CT molecular complexity index is 672. The highest BCUT2D eigenvalue weighted by Crippen LogP contribution is 2.30. The van der Waals surface area contributed by atoms with Crippen molar-refractivity contribution in [3.63, 3.8) is 0 Å². The summed E-state index contributed by atoms with van der Waals surface area (Å²) in [6, 6.07) is 9.98. The average molecular weight is 312 g/mol. The van der Waals surface area contributed by atoms with Crippen LogP contribution in [-0.4, -0.2) is 11.3 Å². The maximum atomic E-state index is 12.1. The van der Waals surface area contributed by atoms with Gasteiger partial charge in [-0.05, 0) is 17.7 Å². The smallest absolute Gasteiger partial charge is 0.406 e. The maximum Gasteiger partial charge on any atom is 0.573 e. The van der Waals surface area contributed by atoms with E-state index in [1.807, 2.05) is 0 Å². The van der Waals surface area contributed by atoms with Crippen LogP contribution in [0.4, 0.5) is 18.9 Å². The zero-order valence-corrected chi connectivity index (χ0v) is 11.1. The molecular weight excluding hydrogens is 301 g/mol. The number of hydrogen-bond acceptors (Lipinski definition) is 4. The maximum absolute atomic E-state index is 12.1. The lowest BCUT2D eigenvalue weighted by Crippen LogP contribution is -2.17. The van der Waals surface area contributed by atoms with Crippen molar-refractivity contribution in [2.45, 2.75) is 12.4 Å². The Balaban J connectivity index is 2.27. The lowest BCUT2D eigenvalue weighted by molar-refractivity contribution is -0.385. The Hall–Kier alpha value is -2.61. The Morgan fingerprint density at radius 2 is 1.68 bits per heavy atom. The molecule has 0 aliphatic carbocycles. The zero-order chi connectivity index (χ0) is 16.3. The van der Waals surface area contributed by atoms with E-state index in [9.17, 15) is 23.3 Å². The van der Waals surface area contributed by atoms with E-state index in [0.717, 1.165) is 12.1 Å². The summed E-state index contributed by atoms with van der Waals surface area (Å²) in [7, 11) is 0. The lowest BCUT2D eigenvalue weighted by atomic mass is 9.98. The second kappa shape index (κ2) is 6.02. The van der Waals surface area contributed by atoms with Gasteiger partial charge in [0.25, 0.3) is 5.69 Å². The van der Waals surface area contributed by atoms with Gasteiger partial charge in [-0.1, -0.05) is 30.3 Å². The largest absolute Gasteiger partial charge is 0.573 e. The van der Waals surface area contributed by atoms with Gasteiger partial charge in [-0.25, -0.2) is 0 Å². The topological polar surface area (TPSA) is 78.4 Å². The number of ether oxygens (including phenoxy) is 1. The Morgan fingerprint density at radius 3 is 2.23 bits per heavy atom. The number of halogens is 3. The van der Waals surface area contributed by atoms with Crippen molar-refractivity contribution in [1.82, 2.24) is 0 Å². The molecule has 0 amide bonds. The van der Waals surface area contributed by atoms with Crippen LogP contribution in [0.2, 0.25) is 0 Å². The number of nitrogens with zero attached hydrogens (tertiary/aromatic N) is 1. The number of hydrogen-bond donors (Lipinski definition) is 1. The van der Waals surface area contributed by atoms with E-state index in [0.29, 0.717) is 5.56 Å². The van der Waals surface area contributed by atoms with Crippen LogP contribution in [0.1, 0.15) is 17.2 Å². The fraction of sp³-hybridized carbons (Fsp3) is 0.143. The monoisotopic (exact) mass is 312 g/mol. The predicted octanol–water partition coefficient (Wildman–Crippen LogP) is 3.54. The number of rotatable bonds is 4. The summed E-state index contributed by atoms with van der Waals surface area (Å²) < 4.78 is 40.0. The van der Waals surface area contributed by atoms with E-state index in [1.165, 1.54) is 30.3 Å². The van der Waals surface area contributed by atoms with Crippen molar-refractivity contribution in [3.05, 3.63) is 69.8 Å². The molecule has 0 heterocycles. The van der Waals surface area contributed by atoms with Crippen molar-refractivity contribution in [3.8, 4) is 5.75 Å². The standard InChI is InChI=1S/C14H11F3N2O3/c15-14(16,17)22-10-7-5-9(6-8-10)13(18)11-3-1-2-4-12(11)19(20)21/h1-8,13H,18H2/t13-/m0/s1. The minimum Gasteiger partial charge on any atom is -0.406 e. The van der Waals surface area contributed by atoms with Gasteiger partial charge in [-0.3, -0.25) is 10.1 Å². The molecule has 2 aromatic carbocycles. The van der Waals surface area contributed by atoms with Crippen LogP contribution in [0.5, 0.6) is 5.75 Å². The van der Waals surface area contributed by atoms with Gasteiger partial charge in [0.15, 0.2) is 0 Å². The van der Waals surface area contributed by atoms with E-state index < -0.39 is 17.3 Å². The minimum atomic E-state index is -4.78. The van der Waals surface area contributed by atoms with Crippen molar-refractivity contribution in [1.29, 1.82) is 0 Å². The molecule has 0 bridgehead atoms. The minimum absolute atomic E-state index is 0.148. The number of nitrogens with two attached hydrogens (primary N) is 1. The van der Waals surface area contributed by atoms with Crippen LogP contribution in [0, 0.1) is 10.1 Å². The quantitative estimate of drug-likeness (QED) is 0.692. The molecule has 5 nitrogen and oxygen atoms in total. The molecule has 0 spiro atoms. The molecule has 22 heavy (non-hydrogen) atoms. The van der Waals surface area contributed by atoms with E-state index in [2.05, 4.69) is 4.74 Å². The molecule has 0 fully saturated rings. The van der Waals surface area contributed by atoms with Gasteiger partial charge in [-0.15, -0.1) is 13.2 Å². The highest BCUT2D eigenvalue weighted by molar-refractivity contribution is 5.46. The summed E-state index contributed by atoms with van der Waals surface area (Å²) in [5.74, 6) is -0.383. The molecule has 1 atom stereocenters. The van der Waals surface area contributed by atoms with Crippen LogP contribution in [0.3, 0.4) is 0 Å². The van der Waals surface area contributed by atoms with E-state index in [1.54, 1.807) is 6.07 Å². The first kappa shape index (κ1) is 15.8. The van der Waals surface area contributed by atoms with Crippen LogP contribution in [-0.2, 0) is 0 Å². The Kier molecular flexibility index (Phi) is 4.32. The zero-order valence-electron chi connectivity index (χ0n) is 11.1. The van der Waals surface area contributed by atoms with Gasteiger partial charge in [0.1, 0.15) is 5.75 Å². The number of nitro groups is 1. The molecule has 0 unspecified atom stereocenters. The SMILES string of the molecule is N[C@@H](c1ccc(OC(F)(F)F)cc1)c1ccccc1[N+](=O)[O-]. The first-order valence-corrected chi connectivity index (χ1v) is 6.12. The Labute approximate surface area is 123 Å². The normalized spacial score (nSPS) is 12.7. The van der Waals surface area contributed by atoms with E-state index in [4.69, 9.17) is 5.73 Å². The number of para-hydroxylation sites is 1. The number of benzene rings is 2. The molecule has 0 saturated carbocycles. The third kappa shape index (κ3) is 3.73. The van der Waals surface area contributed by atoms with Gasteiger partial charge in [0.05, 0.1) is 16.5 Å². The fourth-order valence-electron chi connectivity index (χ4n) is 1.97. The van der Waals surface area contributed by atoms with Crippen molar-refractivity contribution < 1.29 is 22.8 Å². The van der Waals surface area contributed by atoms with Crippen LogP contribution >= 0.6 is 0 Å². The highest BCUT2D eigenvalue weighted by atomic mass is 19.4. The lowest BCUT2D eigenvalue weighted by Gasteiger charge is -2.14. The van der Waals surface area contributed by atoms with Crippen molar-refractivity contribution in [2.24, 2.45) is 5.73 Å². The molecule has 0 saturated heterocycles. The van der Waals surface area contributed by atoms with Gasteiger partial charge < -0.3 is 10.5 Å². The Morgan fingerprint density at radius 1 is 1.09 bits per heavy atom. The van der Waals surface area contributed by atoms with Crippen LogP contribution < -0.4 is 10.5 Å². The number of nitro benzene ring substituents is 1. The molecule has 2 rings (SSSR count). The summed E-state index contributed by atoms with van der Waals surface area (Å²) in [6.45, 7) is 0. The summed E-state index contributed by atoms with van der Waals surface area (Å²) >= 11 is 0. The first-order valence-electron chi connectivity index (χ1n) is 6.12. The number of alkyl halides is 3. The second-order valence-corrected chi connectivity index (χ2v) is 4.41. The average Bonchev–Trinajstić information content (AvgIpc) is 2.45. The van der Waals surface area contributed by atoms with Crippen molar-refractivity contribution >= 4 is 5.69 Å². The van der Waals surface area contributed by atoms with E-state index in [-0.39, 0.29) is 17.0 Å². The molecule has 8 heteroatoms. The van der Waals surface area contributed by atoms with Gasteiger partial charge in [0.2, 0.25) is 0 Å². The molecule has 0 radical (unpaired) electrons. The third-order valence-corrected chi connectivity index (χ3v) is 2.94. The predicted molar refractivity (Wildman–Crippen MR) is 72.3 cm³/mol. The van der Waals surface area contributed by atoms with Gasteiger partial charge in [-0.2, -0.15) is 0 Å². The molecule has 116 valence electrons. The van der Waals surface area contributed by atoms with Crippen LogP contribution in [0.15, 0.2) is 48.5 Å².